The maximum absolute atomic E-state index is 12.5. The summed E-state index contributed by atoms with van der Waals surface area (Å²) >= 11 is 9.26. The monoisotopic (exact) mass is 420 g/mol. The topological polar surface area (TPSA) is 62.6 Å². The molecule has 0 unspecified atom stereocenters. The Bertz CT molecular complexity index is 954. The Morgan fingerprint density at radius 1 is 1.20 bits per heavy atom. The summed E-state index contributed by atoms with van der Waals surface area (Å²) in [6, 6.07) is 14.0. The SMILES string of the molecule is CN(CC(=O)Nc1cccc(Cl)c1)C(=O)c1cc2cc(Br)ccc2o1. The Kier molecular flexibility index (Phi) is 5.11. The number of nitrogens with zero attached hydrogens (tertiary/aromatic N) is 1. The van der Waals surface area contributed by atoms with E-state index in [0.717, 1.165) is 9.86 Å². The van der Waals surface area contributed by atoms with Gasteiger partial charge in [0.15, 0.2) is 5.76 Å². The molecule has 0 radical (unpaired) electrons. The van der Waals surface area contributed by atoms with Crippen LogP contribution in [-0.2, 0) is 4.79 Å². The minimum atomic E-state index is -0.367. The number of hydrogen-bond donors (Lipinski definition) is 1. The maximum Gasteiger partial charge on any atom is 0.289 e. The van der Waals surface area contributed by atoms with Crippen molar-refractivity contribution in [3.05, 3.63) is 63.8 Å². The molecule has 25 heavy (non-hydrogen) atoms. The van der Waals surface area contributed by atoms with E-state index >= 15 is 0 Å². The highest BCUT2D eigenvalue weighted by atomic mass is 79.9. The summed E-state index contributed by atoms with van der Waals surface area (Å²) in [5.41, 5.74) is 1.19. The predicted molar refractivity (Wildman–Crippen MR) is 101 cm³/mol. The van der Waals surface area contributed by atoms with E-state index in [4.69, 9.17) is 16.0 Å². The molecule has 5 nitrogen and oxygen atoms in total. The zero-order chi connectivity index (χ0) is 18.0. The molecule has 2 amide bonds. The van der Waals surface area contributed by atoms with Gasteiger partial charge >= 0.3 is 0 Å². The first-order chi connectivity index (χ1) is 11.9. The van der Waals surface area contributed by atoms with Crippen molar-refractivity contribution < 1.29 is 14.0 Å². The number of benzene rings is 2. The lowest BCUT2D eigenvalue weighted by Gasteiger charge is -2.15. The Morgan fingerprint density at radius 2 is 2.00 bits per heavy atom. The van der Waals surface area contributed by atoms with Gasteiger partial charge in [0.2, 0.25) is 5.91 Å². The summed E-state index contributed by atoms with van der Waals surface area (Å²) in [6.07, 6.45) is 0. The quantitative estimate of drug-likeness (QED) is 0.672. The molecule has 1 heterocycles. The van der Waals surface area contributed by atoms with E-state index in [1.165, 1.54) is 4.90 Å². The molecule has 0 atom stereocenters. The number of rotatable bonds is 4. The molecule has 2 aromatic carbocycles. The van der Waals surface area contributed by atoms with Gasteiger partial charge in [-0.25, -0.2) is 0 Å². The number of furan rings is 1. The van der Waals surface area contributed by atoms with Crippen molar-refractivity contribution in [1.29, 1.82) is 0 Å². The molecule has 3 aromatic rings. The fourth-order valence-electron chi connectivity index (χ4n) is 2.36. The lowest BCUT2D eigenvalue weighted by Crippen LogP contribution is -2.34. The number of likely N-dealkylation sites (N-methyl/N-ethyl adjacent to an activating group) is 1. The van der Waals surface area contributed by atoms with Crippen molar-refractivity contribution in [2.45, 2.75) is 0 Å². The lowest BCUT2D eigenvalue weighted by molar-refractivity contribution is -0.116. The van der Waals surface area contributed by atoms with Crippen LogP contribution in [0, 0.1) is 0 Å². The van der Waals surface area contributed by atoms with Gasteiger partial charge in [-0.1, -0.05) is 33.6 Å². The molecule has 0 fully saturated rings. The van der Waals surface area contributed by atoms with Crippen LogP contribution in [0.3, 0.4) is 0 Å². The van der Waals surface area contributed by atoms with Crippen LogP contribution in [0.4, 0.5) is 5.69 Å². The average molecular weight is 422 g/mol. The van der Waals surface area contributed by atoms with Crippen molar-refractivity contribution >= 4 is 56.0 Å². The van der Waals surface area contributed by atoms with Gasteiger partial charge in [0.25, 0.3) is 5.91 Å². The summed E-state index contributed by atoms with van der Waals surface area (Å²) in [5.74, 6) is -0.503. The third kappa shape index (κ3) is 4.21. The van der Waals surface area contributed by atoms with Crippen LogP contribution in [0.1, 0.15) is 10.6 Å². The summed E-state index contributed by atoms with van der Waals surface area (Å²) in [5, 5.41) is 4.04. The first-order valence-electron chi connectivity index (χ1n) is 7.42. The van der Waals surface area contributed by atoms with Crippen molar-refractivity contribution in [3.63, 3.8) is 0 Å². The fraction of sp³-hybridized carbons (Fsp3) is 0.111. The molecule has 0 aliphatic carbocycles. The third-order valence-electron chi connectivity index (χ3n) is 3.52. The van der Waals surface area contributed by atoms with E-state index in [0.29, 0.717) is 16.3 Å². The zero-order valence-corrected chi connectivity index (χ0v) is 15.6. The summed E-state index contributed by atoms with van der Waals surface area (Å²) < 4.78 is 6.46. The van der Waals surface area contributed by atoms with Crippen LogP contribution >= 0.6 is 27.5 Å². The van der Waals surface area contributed by atoms with E-state index < -0.39 is 0 Å². The van der Waals surface area contributed by atoms with Gasteiger partial charge in [0, 0.05) is 27.6 Å². The first kappa shape index (κ1) is 17.5. The third-order valence-corrected chi connectivity index (χ3v) is 4.25. The van der Waals surface area contributed by atoms with Gasteiger partial charge in [-0.3, -0.25) is 9.59 Å². The van der Waals surface area contributed by atoms with Crippen molar-refractivity contribution in [2.24, 2.45) is 0 Å². The maximum atomic E-state index is 12.5. The van der Waals surface area contributed by atoms with Gasteiger partial charge in [0.05, 0.1) is 6.54 Å². The second-order valence-electron chi connectivity index (χ2n) is 5.51. The van der Waals surface area contributed by atoms with E-state index in [9.17, 15) is 9.59 Å². The van der Waals surface area contributed by atoms with Crippen LogP contribution in [0.5, 0.6) is 0 Å². The van der Waals surface area contributed by atoms with Gasteiger partial charge in [-0.15, -0.1) is 0 Å². The number of halogens is 2. The Balaban J connectivity index is 1.67. The van der Waals surface area contributed by atoms with E-state index in [-0.39, 0.29) is 24.1 Å². The van der Waals surface area contributed by atoms with E-state index in [1.807, 2.05) is 12.1 Å². The molecule has 0 aliphatic rings. The molecule has 3 rings (SSSR count). The summed E-state index contributed by atoms with van der Waals surface area (Å²) in [4.78, 5) is 25.9. The summed E-state index contributed by atoms with van der Waals surface area (Å²) in [6.45, 7) is -0.105. The molecule has 0 spiro atoms. The fourth-order valence-corrected chi connectivity index (χ4v) is 2.93. The van der Waals surface area contributed by atoms with Gasteiger partial charge in [0.1, 0.15) is 5.58 Å². The smallest absolute Gasteiger partial charge is 0.289 e. The Labute approximate surface area is 157 Å². The van der Waals surface area contributed by atoms with Gasteiger partial charge in [-0.05, 0) is 42.5 Å². The molecular weight excluding hydrogens is 408 g/mol. The number of carbonyl (C=O) groups is 2. The van der Waals surface area contributed by atoms with Crippen LogP contribution < -0.4 is 5.32 Å². The zero-order valence-electron chi connectivity index (χ0n) is 13.3. The highest BCUT2D eigenvalue weighted by Crippen LogP contribution is 2.24. The highest BCUT2D eigenvalue weighted by molar-refractivity contribution is 9.10. The predicted octanol–water partition coefficient (Wildman–Crippen LogP) is 4.56. The molecule has 128 valence electrons. The Morgan fingerprint density at radius 3 is 2.76 bits per heavy atom. The molecule has 7 heteroatoms. The molecule has 1 aromatic heterocycles. The minimum Gasteiger partial charge on any atom is -0.451 e. The van der Waals surface area contributed by atoms with Gasteiger partial charge in [-0.2, -0.15) is 0 Å². The molecule has 0 aliphatic heterocycles. The number of amides is 2. The Hall–Kier alpha value is -2.31. The second-order valence-corrected chi connectivity index (χ2v) is 6.86. The normalized spacial score (nSPS) is 10.7. The molecule has 0 bridgehead atoms. The first-order valence-corrected chi connectivity index (χ1v) is 8.59. The van der Waals surface area contributed by atoms with Crippen LogP contribution in [0.25, 0.3) is 11.0 Å². The van der Waals surface area contributed by atoms with Crippen molar-refractivity contribution in [2.75, 3.05) is 18.9 Å². The van der Waals surface area contributed by atoms with E-state index in [1.54, 1.807) is 43.4 Å². The standard InChI is InChI=1S/C18H14BrClN2O3/c1-22(10-17(23)21-14-4-2-3-13(20)9-14)18(24)16-8-11-7-12(19)5-6-15(11)25-16/h2-9H,10H2,1H3,(H,21,23). The van der Waals surface area contributed by atoms with Crippen LogP contribution in [-0.4, -0.2) is 30.3 Å². The molecule has 0 saturated heterocycles. The molecule has 0 saturated carbocycles. The number of anilines is 1. The van der Waals surface area contributed by atoms with Crippen molar-refractivity contribution in [3.8, 4) is 0 Å². The number of carbonyl (C=O) groups excluding carboxylic acids is 2. The highest BCUT2D eigenvalue weighted by Gasteiger charge is 2.19. The minimum absolute atomic E-state index is 0.105. The van der Waals surface area contributed by atoms with Crippen LogP contribution in [0.15, 0.2) is 57.4 Å². The second kappa shape index (κ2) is 7.29. The van der Waals surface area contributed by atoms with Gasteiger partial charge < -0.3 is 14.6 Å². The largest absolute Gasteiger partial charge is 0.451 e. The molecule has 1 N–H and O–H groups in total. The van der Waals surface area contributed by atoms with E-state index in [2.05, 4.69) is 21.2 Å². The lowest BCUT2D eigenvalue weighted by atomic mass is 10.2. The molecular formula is C18H14BrClN2O3. The van der Waals surface area contributed by atoms with Crippen molar-refractivity contribution in [1.82, 2.24) is 4.90 Å². The number of nitrogens with one attached hydrogen (secondary N) is 1. The number of hydrogen-bond acceptors (Lipinski definition) is 3. The van der Waals surface area contributed by atoms with Crippen LogP contribution in [0.2, 0.25) is 5.02 Å². The number of fused-ring (bicyclic) bond motifs is 1. The average Bonchev–Trinajstić information content (AvgIpc) is 2.96. The summed E-state index contributed by atoms with van der Waals surface area (Å²) in [7, 11) is 1.54.